The Bertz CT molecular complexity index is 232. The van der Waals surface area contributed by atoms with Gasteiger partial charge in [0, 0.05) is 39.0 Å². The van der Waals surface area contributed by atoms with Crippen molar-refractivity contribution in [3.8, 4) is 0 Å². The van der Waals surface area contributed by atoms with E-state index in [1.165, 1.54) is 19.4 Å². The third-order valence-corrected chi connectivity index (χ3v) is 2.64. The summed E-state index contributed by atoms with van der Waals surface area (Å²) in [4.78, 5) is 14.7. The van der Waals surface area contributed by atoms with Crippen LogP contribution in [0.2, 0.25) is 0 Å². The maximum Gasteiger partial charge on any atom is 0.220 e. The van der Waals surface area contributed by atoms with E-state index in [9.17, 15) is 4.79 Å². The fourth-order valence-corrected chi connectivity index (χ4v) is 1.66. The first kappa shape index (κ1) is 12.9. The number of nitrogens with zero attached hydrogens (tertiary/aromatic N) is 2. The molecule has 4 nitrogen and oxygen atoms in total. The number of nitrogens with one attached hydrogen (secondary N) is 1. The molecule has 1 fully saturated rings. The van der Waals surface area contributed by atoms with Crippen LogP contribution in [0.15, 0.2) is 12.4 Å². The predicted molar refractivity (Wildman–Crippen MR) is 65.6 cm³/mol. The largest absolute Gasteiger partial charge is 0.362 e. The highest BCUT2D eigenvalue weighted by atomic mass is 16.1. The molecule has 0 aromatic carbocycles. The molecule has 2 heterocycles. The van der Waals surface area contributed by atoms with Crippen LogP contribution < -0.4 is 5.32 Å². The molecule has 0 saturated carbocycles. The standard InChI is InChI=1S/C8H16N2.C4H7NO/c1-3-4-5-10-7-6-9(2)8-10;6-4-2-1-3-5-4/h6-7H,3-5,8H2,1-2H3;1-3H2,(H,5,6). The van der Waals surface area contributed by atoms with Crippen molar-refractivity contribution in [1.29, 1.82) is 0 Å². The minimum Gasteiger partial charge on any atom is -0.362 e. The van der Waals surface area contributed by atoms with Crippen molar-refractivity contribution >= 4 is 5.91 Å². The van der Waals surface area contributed by atoms with Gasteiger partial charge in [-0.05, 0) is 12.8 Å². The highest BCUT2D eigenvalue weighted by molar-refractivity contribution is 5.77. The second kappa shape index (κ2) is 7.14. The number of carbonyl (C=O) groups is 1. The number of amides is 1. The van der Waals surface area contributed by atoms with Gasteiger partial charge in [0.05, 0.1) is 6.67 Å². The van der Waals surface area contributed by atoms with E-state index in [1.54, 1.807) is 0 Å². The van der Waals surface area contributed by atoms with Crippen LogP contribution >= 0.6 is 0 Å². The molecule has 1 amide bonds. The molecule has 0 spiro atoms. The van der Waals surface area contributed by atoms with Crippen LogP contribution in [-0.2, 0) is 4.79 Å². The zero-order valence-electron chi connectivity index (χ0n) is 10.4. The van der Waals surface area contributed by atoms with Crippen molar-refractivity contribution in [2.75, 3.05) is 26.8 Å². The normalized spacial score (nSPS) is 18.5. The summed E-state index contributed by atoms with van der Waals surface area (Å²) >= 11 is 0. The van der Waals surface area contributed by atoms with Crippen LogP contribution in [0.5, 0.6) is 0 Å². The van der Waals surface area contributed by atoms with Crippen molar-refractivity contribution < 1.29 is 4.79 Å². The van der Waals surface area contributed by atoms with Gasteiger partial charge < -0.3 is 15.1 Å². The van der Waals surface area contributed by atoms with Crippen LogP contribution in [0.25, 0.3) is 0 Å². The highest BCUT2D eigenvalue weighted by Gasteiger charge is 2.06. The SMILES string of the molecule is CCCCN1C=CN(C)C1.O=C1CCCN1. The summed E-state index contributed by atoms with van der Waals surface area (Å²) in [6.07, 6.45) is 8.64. The van der Waals surface area contributed by atoms with Gasteiger partial charge in [0.1, 0.15) is 0 Å². The molecule has 16 heavy (non-hydrogen) atoms. The average molecular weight is 225 g/mol. The van der Waals surface area contributed by atoms with Crippen LogP contribution in [0.1, 0.15) is 32.6 Å². The van der Waals surface area contributed by atoms with E-state index in [1.807, 2.05) is 0 Å². The molecule has 0 aromatic heterocycles. The summed E-state index contributed by atoms with van der Waals surface area (Å²) in [6.45, 7) is 5.39. The van der Waals surface area contributed by atoms with Gasteiger partial charge >= 0.3 is 0 Å². The zero-order valence-corrected chi connectivity index (χ0v) is 10.4. The van der Waals surface area contributed by atoms with Gasteiger partial charge in [0.15, 0.2) is 0 Å². The quantitative estimate of drug-likeness (QED) is 0.787. The molecule has 0 aromatic rings. The van der Waals surface area contributed by atoms with E-state index in [2.05, 4.69) is 41.5 Å². The fraction of sp³-hybridized carbons (Fsp3) is 0.750. The molecule has 0 atom stereocenters. The van der Waals surface area contributed by atoms with E-state index >= 15 is 0 Å². The van der Waals surface area contributed by atoms with Crippen molar-refractivity contribution in [1.82, 2.24) is 15.1 Å². The summed E-state index contributed by atoms with van der Waals surface area (Å²) in [7, 11) is 2.10. The molecule has 0 unspecified atom stereocenters. The third-order valence-electron chi connectivity index (χ3n) is 2.64. The Morgan fingerprint density at radius 1 is 1.44 bits per heavy atom. The van der Waals surface area contributed by atoms with Crippen LogP contribution in [0, 0.1) is 0 Å². The van der Waals surface area contributed by atoms with Crippen LogP contribution in [-0.4, -0.2) is 42.5 Å². The first-order chi connectivity index (χ1) is 7.72. The molecule has 2 rings (SSSR count). The van der Waals surface area contributed by atoms with Gasteiger partial charge in [0.2, 0.25) is 5.91 Å². The van der Waals surface area contributed by atoms with Gasteiger partial charge in [-0.1, -0.05) is 13.3 Å². The third kappa shape index (κ3) is 5.05. The molecule has 0 radical (unpaired) electrons. The van der Waals surface area contributed by atoms with Gasteiger partial charge in [-0.15, -0.1) is 0 Å². The topological polar surface area (TPSA) is 35.6 Å². The van der Waals surface area contributed by atoms with Gasteiger partial charge in [-0.25, -0.2) is 0 Å². The molecule has 92 valence electrons. The summed E-state index contributed by atoms with van der Waals surface area (Å²) in [6, 6.07) is 0. The Hall–Kier alpha value is -1.19. The Balaban J connectivity index is 0.000000181. The van der Waals surface area contributed by atoms with E-state index in [4.69, 9.17) is 0 Å². The average Bonchev–Trinajstić information content (AvgIpc) is 2.88. The molecule has 1 saturated heterocycles. The predicted octanol–water partition coefficient (Wildman–Crippen LogP) is 1.36. The first-order valence-corrected chi connectivity index (χ1v) is 6.11. The Morgan fingerprint density at radius 3 is 2.62 bits per heavy atom. The van der Waals surface area contributed by atoms with Crippen molar-refractivity contribution in [3.63, 3.8) is 0 Å². The van der Waals surface area contributed by atoms with E-state index < -0.39 is 0 Å². The van der Waals surface area contributed by atoms with E-state index in [0.29, 0.717) is 0 Å². The number of carbonyl (C=O) groups excluding carboxylic acids is 1. The molecule has 4 heteroatoms. The maximum atomic E-state index is 10.1. The summed E-state index contributed by atoms with van der Waals surface area (Å²) in [5.41, 5.74) is 0. The molecule has 2 aliphatic rings. The smallest absolute Gasteiger partial charge is 0.220 e. The number of unbranched alkanes of at least 4 members (excludes halogenated alkanes) is 1. The second-order valence-corrected chi connectivity index (χ2v) is 4.32. The van der Waals surface area contributed by atoms with Gasteiger partial charge in [-0.2, -0.15) is 0 Å². The minimum absolute atomic E-state index is 0.204. The van der Waals surface area contributed by atoms with Gasteiger partial charge in [-0.3, -0.25) is 4.79 Å². The molecular formula is C12H23N3O. The lowest BCUT2D eigenvalue weighted by molar-refractivity contribution is -0.119. The van der Waals surface area contributed by atoms with Gasteiger partial charge in [0.25, 0.3) is 0 Å². The number of rotatable bonds is 3. The molecular weight excluding hydrogens is 202 g/mol. The Kier molecular flexibility index (Phi) is 5.75. The lowest BCUT2D eigenvalue weighted by atomic mass is 10.3. The highest BCUT2D eigenvalue weighted by Crippen LogP contribution is 2.04. The fourth-order valence-electron chi connectivity index (χ4n) is 1.66. The molecule has 0 bridgehead atoms. The second-order valence-electron chi connectivity index (χ2n) is 4.32. The van der Waals surface area contributed by atoms with Crippen molar-refractivity contribution in [2.45, 2.75) is 32.6 Å². The van der Waals surface area contributed by atoms with Crippen molar-refractivity contribution in [3.05, 3.63) is 12.4 Å². The zero-order chi connectivity index (χ0) is 11.8. The summed E-state index contributed by atoms with van der Waals surface area (Å²) < 4.78 is 0. The molecule has 2 aliphatic heterocycles. The van der Waals surface area contributed by atoms with Crippen molar-refractivity contribution in [2.24, 2.45) is 0 Å². The van der Waals surface area contributed by atoms with E-state index in [0.717, 1.165) is 26.1 Å². The Labute approximate surface area is 98.3 Å². The Morgan fingerprint density at radius 2 is 2.25 bits per heavy atom. The number of hydrogen-bond acceptors (Lipinski definition) is 3. The summed E-state index contributed by atoms with van der Waals surface area (Å²) in [5, 5.41) is 2.68. The van der Waals surface area contributed by atoms with E-state index in [-0.39, 0.29) is 5.91 Å². The lowest BCUT2D eigenvalue weighted by Crippen LogP contribution is -2.23. The molecule has 0 aliphatic carbocycles. The first-order valence-electron chi connectivity index (χ1n) is 6.11. The minimum atomic E-state index is 0.204. The lowest BCUT2D eigenvalue weighted by Gasteiger charge is -2.17. The monoisotopic (exact) mass is 225 g/mol. The summed E-state index contributed by atoms with van der Waals surface area (Å²) in [5.74, 6) is 0.204. The molecule has 1 N–H and O–H groups in total. The maximum absolute atomic E-state index is 10.1. The van der Waals surface area contributed by atoms with Crippen LogP contribution in [0.3, 0.4) is 0 Å². The number of hydrogen-bond donors (Lipinski definition) is 1. The van der Waals surface area contributed by atoms with Crippen LogP contribution in [0.4, 0.5) is 0 Å².